The van der Waals surface area contributed by atoms with Gasteiger partial charge in [-0.1, -0.05) is 47.5 Å². The van der Waals surface area contributed by atoms with Crippen LogP contribution in [-0.2, 0) is 4.74 Å². The quantitative estimate of drug-likeness (QED) is 0.725. The van der Waals surface area contributed by atoms with Crippen molar-refractivity contribution in [1.29, 1.82) is 0 Å². The SMILES string of the molecule is Cc1ccc2c(c1)C(c1ccccc1Cl)OC2=O. The average Bonchev–Trinajstić information content (AvgIpc) is 2.67. The monoisotopic (exact) mass is 258 g/mol. The number of fused-ring (bicyclic) bond motifs is 1. The zero-order valence-corrected chi connectivity index (χ0v) is 10.6. The largest absolute Gasteiger partial charge is 0.449 e. The Labute approximate surface area is 110 Å². The van der Waals surface area contributed by atoms with Gasteiger partial charge in [-0.05, 0) is 19.1 Å². The van der Waals surface area contributed by atoms with Crippen LogP contribution >= 0.6 is 11.6 Å². The Balaban J connectivity index is 2.16. The van der Waals surface area contributed by atoms with Crippen LogP contribution in [0.25, 0.3) is 0 Å². The molecule has 0 saturated heterocycles. The van der Waals surface area contributed by atoms with Crippen LogP contribution in [0.1, 0.15) is 33.2 Å². The molecule has 3 rings (SSSR count). The van der Waals surface area contributed by atoms with E-state index >= 15 is 0 Å². The highest BCUT2D eigenvalue weighted by molar-refractivity contribution is 6.31. The lowest BCUT2D eigenvalue weighted by molar-refractivity contribution is 0.0456. The lowest BCUT2D eigenvalue weighted by Crippen LogP contribution is -2.01. The van der Waals surface area contributed by atoms with E-state index < -0.39 is 0 Å². The molecule has 90 valence electrons. The summed E-state index contributed by atoms with van der Waals surface area (Å²) in [4.78, 5) is 11.8. The Morgan fingerprint density at radius 1 is 1.11 bits per heavy atom. The summed E-state index contributed by atoms with van der Waals surface area (Å²) in [6.07, 6.45) is -0.388. The Bertz CT molecular complexity index is 634. The molecular weight excluding hydrogens is 248 g/mol. The number of aryl methyl sites for hydroxylation is 1. The fourth-order valence-electron chi connectivity index (χ4n) is 2.24. The molecule has 0 saturated carbocycles. The summed E-state index contributed by atoms with van der Waals surface area (Å²) in [6, 6.07) is 13.1. The molecule has 1 aliphatic rings. The molecule has 3 heteroatoms. The first kappa shape index (κ1) is 11.3. The lowest BCUT2D eigenvalue weighted by Gasteiger charge is -2.12. The van der Waals surface area contributed by atoms with Crippen molar-refractivity contribution in [3.05, 3.63) is 69.7 Å². The predicted octanol–water partition coefficient (Wildman–Crippen LogP) is 3.91. The predicted molar refractivity (Wildman–Crippen MR) is 69.9 cm³/mol. The second-order valence-electron chi connectivity index (χ2n) is 4.40. The van der Waals surface area contributed by atoms with Crippen LogP contribution in [0.15, 0.2) is 42.5 Å². The van der Waals surface area contributed by atoms with Gasteiger partial charge in [0.1, 0.15) is 0 Å². The number of benzene rings is 2. The Hall–Kier alpha value is -1.80. The summed E-state index contributed by atoms with van der Waals surface area (Å²) < 4.78 is 5.43. The minimum atomic E-state index is -0.388. The van der Waals surface area contributed by atoms with Gasteiger partial charge in [0.2, 0.25) is 0 Å². The summed E-state index contributed by atoms with van der Waals surface area (Å²) in [6.45, 7) is 1.99. The number of carbonyl (C=O) groups excluding carboxylic acids is 1. The van der Waals surface area contributed by atoms with Crippen LogP contribution in [0.5, 0.6) is 0 Å². The number of cyclic esters (lactones) is 1. The summed E-state index contributed by atoms with van der Waals surface area (Å²) in [7, 11) is 0. The van der Waals surface area contributed by atoms with Gasteiger partial charge in [0.05, 0.1) is 5.56 Å². The number of ether oxygens (including phenoxy) is 1. The number of halogens is 1. The van der Waals surface area contributed by atoms with Crippen molar-refractivity contribution in [2.24, 2.45) is 0 Å². The van der Waals surface area contributed by atoms with E-state index in [2.05, 4.69) is 0 Å². The molecule has 2 nitrogen and oxygen atoms in total. The molecule has 1 atom stereocenters. The zero-order chi connectivity index (χ0) is 12.7. The lowest BCUT2D eigenvalue weighted by atomic mass is 9.97. The molecule has 18 heavy (non-hydrogen) atoms. The van der Waals surface area contributed by atoms with Gasteiger partial charge in [-0.2, -0.15) is 0 Å². The number of hydrogen-bond donors (Lipinski definition) is 0. The summed E-state index contributed by atoms with van der Waals surface area (Å²) in [5, 5.41) is 0.615. The molecule has 0 radical (unpaired) electrons. The minimum Gasteiger partial charge on any atom is -0.449 e. The average molecular weight is 259 g/mol. The molecule has 0 amide bonds. The smallest absolute Gasteiger partial charge is 0.339 e. The maximum absolute atomic E-state index is 11.8. The van der Waals surface area contributed by atoms with Gasteiger partial charge < -0.3 is 4.74 Å². The van der Waals surface area contributed by atoms with Crippen LogP contribution in [0.4, 0.5) is 0 Å². The normalized spacial score (nSPS) is 17.4. The van der Waals surface area contributed by atoms with Crippen LogP contribution in [-0.4, -0.2) is 5.97 Å². The van der Waals surface area contributed by atoms with E-state index in [4.69, 9.17) is 16.3 Å². The van der Waals surface area contributed by atoms with Gasteiger partial charge in [-0.15, -0.1) is 0 Å². The number of carbonyl (C=O) groups is 1. The van der Waals surface area contributed by atoms with Crippen molar-refractivity contribution in [1.82, 2.24) is 0 Å². The third-order valence-electron chi connectivity index (χ3n) is 3.12. The van der Waals surface area contributed by atoms with E-state index in [9.17, 15) is 4.79 Å². The van der Waals surface area contributed by atoms with Crippen molar-refractivity contribution in [2.75, 3.05) is 0 Å². The van der Waals surface area contributed by atoms with Gasteiger partial charge >= 0.3 is 5.97 Å². The first-order valence-electron chi connectivity index (χ1n) is 5.73. The van der Waals surface area contributed by atoms with E-state index in [0.717, 1.165) is 16.7 Å². The topological polar surface area (TPSA) is 26.3 Å². The first-order valence-corrected chi connectivity index (χ1v) is 6.10. The highest BCUT2D eigenvalue weighted by Crippen LogP contribution is 2.38. The van der Waals surface area contributed by atoms with Gasteiger partial charge in [-0.3, -0.25) is 0 Å². The van der Waals surface area contributed by atoms with Crippen LogP contribution in [0.3, 0.4) is 0 Å². The molecule has 0 fully saturated rings. The van der Waals surface area contributed by atoms with Crippen molar-refractivity contribution >= 4 is 17.6 Å². The number of esters is 1. The van der Waals surface area contributed by atoms with Crippen molar-refractivity contribution < 1.29 is 9.53 Å². The summed E-state index contributed by atoms with van der Waals surface area (Å²) >= 11 is 6.17. The third kappa shape index (κ3) is 1.70. The van der Waals surface area contributed by atoms with Crippen molar-refractivity contribution in [2.45, 2.75) is 13.0 Å². The molecular formula is C15H11ClO2. The van der Waals surface area contributed by atoms with Gasteiger partial charge in [0.25, 0.3) is 0 Å². The fourth-order valence-corrected chi connectivity index (χ4v) is 2.47. The van der Waals surface area contributed by atoms with Crippen molar-refractivity contribution in [3.8, 4) is 0 Å². The second kappa shape index (κ2) is 4.14. The molecule has 0 bridgehead atoms. The van der Waals surface area contributed by atoms with Crippen LogP contribution < -0.4 is 0 Å². The second-order valence-corrected chi connectivity index (χ2v) is 4.80. The fraction of sp³-hybridized carbons (Fsp3) is 0.133. The molecule has 0 N–H and O–H groups in total. The number of hydrogen-bond acceptors (Lipinski definition) is 2. The van der Waals surface area contributed by atoms with E-state index in [-0.39, 0.29) is 12.1 Å². The maximum atomic E-state index is 11.8. The molecule has 2 aromatic rings. The molecule has 2 aromatic carbocycles. The maximum Gasteiger partial charge on any atom is 0.339 e. The first-order chi connectivity index (χ1) is 8.66. The molecule has 1 heterocycles. The zero-order valence-electron chi connectivity index (χ0n) is 9.81. The standard InChI is InChI=1S/C15H11ClO2/c1-9-6-7-10-12(8-9)14(18-15(10)17)11-4-2-3-5-13(11)16/h2-8,14H,1H3. The van der Waals surface area contributed by atoms with E-state index in [0.29, 0.717) is 10.6 Å². The molecule has 0 spiro atoms. The molecule has 0 aliphatic carbocycles. The van der Waals surface area contributed by atoms with Gasteiger partial charge in [0.15, 0.2) is 6.10 Å². The Kier molecular flexibility index (Phi) is 2.60. The molecule has 1 aliphatic heterocycles. The Morgan fingerprint density at radius 3 is 2.67 bits per heavy atom. The van der Waals surface area contributed by atoms with Gasteiger partial charge in [0, 0.05) is 16.1 Å². The van der Waals surface area contributed by atoms with E-state index in [1.54, 1.807) is 6.07 Å². The molecule has 0 aromatic heterocycles. The highest BCUT2D eigenvalue weighted by atomic mass is 35.5. The van der Waals surface area contributed by atoms with Crippen LogP contribution in [0.2, 0.25) is 5.02 Å². The van der Waals surface area contributed by atoms with Crippen LogP contribution in [0, 0.1) is 6.92 Å². The Morgan fingerprint density at radius 2 is 1.89 bits per heavy atom. The number of rotatable bonds is 1. The summed E-state index contributed by atoms with van der Waals surface area (Å²) in [5.74, 6) is -0.282. The summed E-state index contributed by atoms with van der Waals surface area (Å²) in [5.41, 5.74) is 3.46. The highest BCUT2D eigenvalue weighted by Gasteiger charge is 2.33. The van der Waals surface area contributed by atoms with Crippen molar-refractivity contribution in [3.63, 3.8) is 0 Å². The van der Waals surface area contributed by atoms with E-state index in [1.165, 1.54) is 0 Å². The van der Waals surface area contributed by atoms with E-state index in [1.807, 2.05) is 43.3 Å². The molecule has 1 unspecified atom stereocenters. The minimum absolute atomic E-state index is 0.282. The third-order valence-corrected chi connectivity index (χ3v) is 3.47. The van der Waals surface area contributed by atoms with Gasteiger partial charge in [-0.25, -0.2) is 4.79 Å².